The van der Waals surface area contributed by atoms with Gasteiger partial charge < -0.3 is 14.4 Å². The third-order valence-corrected chi connectivity index (χ3v) is 6.19. The second-order valence-corrected chi connectivity index (χ2v) is 7.70. The van der Waals surface area contributed by atoms with Crippen molar-refractivity contribution < 1.29 is 27.6 Å². The topological polar surface area (TPSA) is 81.9 Å². The number of nitro benzene ring substituents is 1. The predicted molar refractivity (Wildman–Crippen MR) is 95.8 cm³/mol. The average Bonchev–Trinajstić information content (AvgIpc) is 3.08. The first kappa shape index (κ1) is 19.1. The first-order valence-electron chi connectivity index (χ1n) is 8.55. The van der Waals surface area contributed by atoms with Crippen LogP contribution < -0.4 is 10.3 Å². The lowest BCUT2D eigenvalue weighted by molar-refractivity contribution is -0.383. The highest BCUT2D eigenvalue weighted by Gasteiger charge is 2.40. The van der Waals surface area contributed by atoms with Gasteiger partial charge in [-0.1, -0.05) is 0 Å². The average molecular weight is 416 g/mol. The third kappa shape index (κ3) is 3.33. The van der Waals surface area contributed by atoms with Gasteiger partial charge in [0, 0.05) is 43.5 Å². The van der Waals surface area contributed by atoms with Gasteiger partial charge >= 0.3 is 6.18 Å². The van der Waals surface area contributed by atoms with Crippen molar-refractivity contribution in [1.29, 1.82) is 0 Å². The summed E-state index contributed by atoms with van der Waals surface area (Å²) in [5, 5.41) is 11.5. The smallest absolute Gasteiger partial charge is 0.363 e. The van der Waals surface area contributed by atoms with Crippen LogP contribution in [0.15, 0.2) is 23.0 Å². The van der Waals surface area contributed by atoms with Crippen molar-refractivity contribution in [3.8, 4) is 0 Å². The van der Waals surface area contributed by atoms with E-state index >= 15 is 0 Å². The fraction of sp³-hybridized carbons (Fsp3) is 0.471. The first-order valence-corrected chi connectivity index (χ1v) is 9.37. The number of anilines is 1. The minimum absolute atomic E-state index is 0.0610. The molecule has 0 amide bonds. The maximum Gasteiger partial charge on any atom is 0.416 e. The fourth-order valence-electron chi connectivity index (χ4n) is 3.54. The summed E-state index contributed by atoms with van der Waals surface area (Å²) >= 11 is 0.948. The molecule has 28 heavy (non-hydrogen) atoms. The number of piperidine rings is 1. The summed E-state index contributed by atoms with van der Waals surface area (Å²) in [6.45, 7) is 2.07. The number of ether oxygens (including phenoxy) is 2. The predicted octanol–water partition coefficient (Wildman–Crippen LogP) is 3.53. The van der Waals surface area contributed by atoms with E-state index in [1.54, 1.807) is 0 Å². The van der Waals surface area contributed by atoms with Crippen LogP contribution in [-0.2, 0) is 15.7 Å². The Morgan fingerprint density at radius 3 is 2.36 bits per heavy atom. The summed E-state index contributed by atoms with van der Waals surface area (Å²) in [5.74, 6) is -0.619. The second-order valence-electron chi connectivity index (χ2n) is 6.67. The van der Waals surface area contributed by atoms with Crippen molar-refractivity contribution in [2.24, 2.45) is 0 Å². The molecule has 2 aliphatic heterocycles. The Morgan fingerprint density at radius 2 is 1.79 bits per heavy atom. The van der Waals surface area contributed by atoms with Gasteiger partial charge in [-0.3, -0.25) is 14.9 Å². The van der Waals surface area contributed by atoms with E-state index in [0.29, 0.717) is 56.3 Å². The summed E-state index contributed by atoms with van der Waals surface area (Å²) in [6.07, 6.45) is -3.64. The van der Waals surface area contributed by atoms with Crippen LogP contribution in [0.25, 0.3) is 10.1 Å². The molecule has 1 spiro atoms. The molecule has 0 N–H and O–H groups in total. The van der Waals surface area contributed by atoms with Crippen LogP contribution in [0.4, 0.5) is 23.9 Å². The van der Waals surface area contributed by atoms with Crippen molar-refractivity contribution in [1.82, 2.24) is 0 Å². The maximum absolute atomic E-state index is 13.1. The lowest BCUT2D eigenvalue weighted by Crippen LogP contribution is -2.45. The molecule has 0 aliphatic carbocycles. The van der Waals surface area contributed by atoms with Gasteiger partial charge in [0.2, 0.25) is 0 Å². The van der Waals surface area contributed by atoms with E-state index in [1.165, 1.54) is 6.07 Å². The largest absolute Gasteiger partial charge is 0.416 e. The number of alkyl halides is 3. The highest BCUT2D eigenvalue weighted by atomic mass is 32.1. The maximum atomic E-state index is 13.1. The molecule has 2 aliphatic rings. The Morgan fingerprint density at radius 1 is 1.14 bits per heavy atom. The lowest BCUT2D eigenvalue weighted by atomic mass is 10.0. The van der Waals surface area contributed by atoms with Crippen LogP contribution in [0.2, 0.25) is 0 Å². The van der Waals surface area contributed by atoms with Gasteiger partial charge in [-0.2, -0.15) is 13.2 Å². The Balaban J connectivity index is 1.75. The Labute approximate surface area is 160 Å². The van der Waals surface area contributed by atoms with Crippen molar-refractivity contribution in [3.05, 3.63) is 44.1 Å². The number of non-ortho nitro benzene ring substituents is 1. The Kier molecular flexibility index (Phi) is 4.55. The molecule has 0 radical (unpaired) electrons. The number of halogens is 3. The van der Waals surface area contributed by atoms with Crippen LogP contribution in [0.5, 0.6) is 0 Å². The molecule has 2 saturated heterocycles. The number of hydrogen-bond acceptors (Lipinski definition) is 7. The molecule has 1 aromatic heterocycles. The normalized spacial score (nSPS) is 19.5. The molecule has 11 heteroatoms. The van der Waals surface area contributed by atoms with Gasteiger partial charge in [-0.25, -0.2) is 0 Å². The molecular formula is C17H15F3N2O5S. The highest BCUT2D eigenvalue weighted by Crippen LogP contribution is 2.40. The van der Waals surface area contributed by atoms with Gasteiger partial charge in [0.05, 0.1) is 28.7 Å². The number of hydrogen-bond donors (Lipinski definition) is 0. The SMILES string of the molecule is O=c1cc(N2CCC3(CC2)OCCO3)sc2c([N+](=O)[O-])cc(C(F)(F)F)cc12. The number of nitro groups is 1. The van der Waals surface area contributed by atoms with Crippen molar-refractivity contribution in [2.75, 3.05) is 31.2 Å². The molecular weight excluding hydrogens is 401 g/mol. The van der Waals surface area contributed by atoms with Crippen LogP contribution in [0.3, 0.4) is 0 Å². The third-order valence-electron chi connectivity index (χ3n) is 4.97. The highest BCUT2D eigenvalue weighted by molar-refractivity contribution is 7.22. The van der Waals surface area contributed by atoms with Gasteiger partial charge in [0.1, 0.15) is 4.70 Å². The van der Waals surface area contributed by atoms with Crippen molar-refractivity contribution in [3.63, 3.8) is 0 Å². The van der Waals surface area contributed by atoms with E-state index in [-0.39, 0.29) is 10.1 Å². The molecule has 0 bridgehead atoms. The van der Waals surface area contributed by atoms with Crippen LogP contribution in [0, 0.1) is 10.1 Å². The molecule has 150 valence electrons. The molecule has 4 rings (SSSR count). The molecule has 7 nitrogen and oxygen atoms in total. The van der Waals surface area contributed by atoms with E-state index in [2.05, 4.69) is 0 Å². The molecule has 0 atom stereocenters. The van der Waals surface area contributed by atoms with E-state index in [1.807, 2.05) is 4.90 Å². The summed E-state index contributed by atoms with van der Waals surface area (Å²) in [7, 11) is 0. The van der Waals surface area contributed by atoms with Crippen LogP contribution in [-0.4, -0.2) is 37.0 Å². The quantitative estimate of drug-likeness (QED) is 0.550. The molecule has 0 unspecified atom stereocenters. The monoisotopic (exact) mass is 416 g/mol. The summed E-state index contributed by atoms with van der Waals surface area (Å²) in [4.78, 5) is 24.8. The number of nitrogens with zero attached hydrogens (tertiary/aromatic N) is 2. The van der Waals surface area contributed by atoms with Crippen LogP contribution >= 0.6 is 11.3 Å². The van der Waals surface area contributed by atoms with Crippen molar-refractivity contribution >= 4 is 32.1 Å². The van der Waals surface area contributed by atoms with Crippen molar-refractivity contribution in [2.45, 2.75) is 24.8 Å². The zero-order chi connectivity index (χ0) is 20.1. The Hall–Kier alpha value is -2.24. The molecule has 2 fully saturated rings. The van der Waals surface area contributed by atoms with Gasteiger partial charge in [0.15, 0.2) is 11.2 Å². The summed E-state index contributed by atoms with van der Waals surface area (Å²) < 4.78 is 50.4. The van der Waals surface area contributed by atoms with Gasteiger partial charge in [0.25, 0.3) is 5.69 Å². The summed E-state index contributed by atoms with van der Waals surface area (Å²) in [6, 6.07) is 2.40. The molecule has 3 heterocycles. The van der Waals surface area contributed by atoms with Gasteiger partial charge in [-0.05, 0) is 6.07 Å². The van der Waals surface area contributed by atoms with Gasteiger partial charge in [-0.15, -0.1) is 11.3 Å². The zero-order valence-electron chi connectivity index (χ0n) is 14.5. The Bertz CT molecular complexity index is 991. The standard InChI is InChI=1S/C17H15F3N2O5S/c18-17(19,20)10-7-11-13(23)9-14(28-15(11)12(8-10)22(24)25)21-3-1-16(2-4-21)26-5-6-27-16/h7-9H,1-6H2. The molecule has 2 aromatic rings. The summed E-state index contributed by atoms with van der Waals surface area (Å²) in [5.41, 5.74) is -2.60. The molecule has 1 aromatic carbocycles. The minimum atomic E-state index is -4.78. The fourth-order valence-corrected chi connectivity index (χ4v) is 4.73. The second kappa shape index (κ2) is 6.68. The van der Waals surface area contributed by atoms with E-state index in [9.17, 15) is 28.1 Å². The number of rotatable bonds is 2. The van der Waals surface area contributed by atoms with E-state index in [4.69, 9.17) is 9.47 Å². The first-order chi connectivity index (χ1) is 13.2. The number of fused-ring (bicyclic) bond motifs is 1. The molecule has 0 saturated carbocycles. The van der Waals surface area contributed by atoms with Crippen LogP contribution in [0.1, 0.15) is 18.4 Å². The minimum Gasteiger partial charge on any atom is -0.363 e. The number of benzene rings is 1. The zero-order valence-corrected chi connectivity index (χ0v) is 15.3. The lowest BCUT2D eigenvalue weighted by Gasteiger charge is -2.38. The van der Waals surface area contributed by atoms with E-state index in [0.717, 1.165) is 11.3 Å². The van der Waals surface area contributed by atoms with E-state index < -0.39 is 33.6 Å².